The lowest BCUT2D eigenvalue weighted by Gasteiger charge is -2.08. The van der Waals surface area contributed by atoms with Crippen molar-refractivity contribution in [3.8, 4) is 0 Å². The molecule has 0 fully saturated rings. The molecule has 2 rings (SSSR count). The third kappa shape index (κ3) is 2.93. The van der Waals surface area contributed by atoms with Crippen LogP contribution in [0.15, 0.2) is 18.2 Å². The number of hydrogen-bond acceptors (Lipinski definition) is 4. The van der Waals surface area contributed by atoms with Crippen molar-refractivity contribution in [2.45, 2.75) is 20.4 Å². The van der Waals surface area contributed by atoms with Crippen LogP contribution in [0.2, 0.25) is 0 Å². The van der Waals surface area contributed by atoms with Gasteiger partial charge in [0.15, 0.2) is 0 Å². The highest BCUT2D eigenvalue weighted by Gasteiger charge is 2.16. The summed E-state index contributed by atoms with van der Waals surface area (Å²) in [6.07, 6.45) is 0. The van der Waals surface area contributed by atoms with E-state index in [0.717, 1.165) is 0 Å². The van der Waals surface area contributed by atoms with E-state index in [9.17, 15) is 9.59 Å². The Morgan fingerprint density at radius 2 is 2.15 bits per heavy atom. The predicted octanol–water partition coefficient (Wildman–Crippen LogP) is 0.902. The number of nitrogens with one attached hydrogen (secondary N) is 1. The summed E-state index contributed by atoms with van der Waals surface area (Å²) in [7, 11) is 0. The number of carboxylic acid groups (broad SMARTS) is 1. The molecular formula is C13H16N4O3. The molecule has 7 nitrogen and oxygen atoms in total. The number of carbonyl (C=O) groups is 2. The number of hydrogen-bond donors (Lipinski definition) is 2. The van der Waals surface area contributed by atoms with Gasteiger partial charge in [0, 0.05) is 6.54 Å². The van der Waals surface area contributed by atoms with Gasteiger partial charge in [0.2, 0.25) is 5.91 Å². The average Bonchev–Trinajstić information content (AvgIpc) is 2.79. The molecule has 0 atom stereocenters. The number of benzene rings is 1. The summed E-state index contributed by atoms with van der Waals surface area (Å²) >= 11 is 0. The Labute approximate surface area is 115 Å². The number of nitrogens with zero attached hydrogens (tertiary/aromatic N) is 3. The first-order valence-corrected chi connectivity index (χ1v) is 6.31. The van der Waals surface area contributed by atoms with Crippen LogP contribution in [-0.2, 0) is 11.3 Å². The molecule has 1 aromatic carbocycles. The second kappa shape index (κ2) is 5.68. The highest BCUT2D eigenvalue weighted by Crippen LogP contribution is 2.16. The molecular weight excluding hydrogens is 260 g/mol. The largest absolute Gasteiger partial charge is 0.478 e. The predicted molar refractivity (Wildman–Crippen MR) is 72.3 cm³/mol. The third-order valence-electron chi connectivity index (χ3n) is 2.76. The molecule has 0 saturated carbocycles. The standard InChI is InChI=1S/C13H16N4O3/c1-8(2)6-14-11(18)7-17-12-9(13(19)20)4-3-5-10(12)15-16-17/h3-5,8H,6-7H2,1-2H3,(H,14,18)(H,19,20). The third-order valence-corrected chi connectivity index (χ3v) is 2.76. The zero-order valence-electron chi connectivity index (χ0n) is 11.3. The lowest BCUT2D eigenvalue weighted by Crippen LogP contribution is -2.31. The Hall–Kier alpha value is -2.44. The van der Waals surface area contributed by atoms with Crippen molar-refractivity contribution in [3.63, 3.8) is 0 Å². The Bertz CT molecular complexity index is 648. The van der Waals surface area contributed by atoms with Gasteiger partial charge in [-0.25, -0.2) is 9.48 Å². The molecule has 106 valence electrons. The maximum absolute atomic E-state index is 11.8. The minimum Gasteiger partial charge on any atom is -0.478 e. The molecule has 2 N–H and O–H groups in total. The van der Waals surface area contributed by atoms with Gasteiger partial charge in [-0.15, -0.1) is 5.10 Å². The first-order valence-electron chi connectivity index (χ1n) is 6.31. The molecule has 20 heavy (non-hydrogen) atoms. The van der Waals surface area contributed by atoms with E-state index in [2.05, 4.69) is 15.6 Å². The zero-order valence-corrected chi connectivity index (χ0v) is 11.3. The first kappa shape index (κ1) is 14.0. The number of para-hydroxylation sites is 1. The summed E-state index contributed by atoms with van der Waals surface area (Å²) in [6, 6.07) is 4.73. The van der Waals surface area contributed by atoms with Gasteiger partial charge in [-0.3, -0.25) is 4.79 Å². The van der Waals surface area contributed by atoms with Crippen LogP contribution >= 0.6 is 0 Å². The molecule has 0 radical (unpaired) electrons. The molecule has 0 aliphatic carbocycles. The normalized spacial score (nSPS) is 10.9. The zero-order chi connectivity index (χ0) is 14.7. The van der Waals surface area contributed by atoms with E-state index in [-0.39, 0.29) is 18.0 Å². The first-order chi connectivity index (χ1) is 9.49. The Morgan fingerprint density at radius 3 is 2.80 bits per heavy atom. The van der Waals surface area contributed by atoms with Crippen molar-refractivity contribution >= 4 is 22.9 Å². The van der Waals surface area contributed by atoms with Gasteiger partial charge < -0.3 is 10.4 Å². The number of amides is 1. The fraction of sp³-hybridized carbons (Fsp3) is 0.385. The maximum atomic E-state index is 11.8. The van der Waals surface area contributed by atoms with Gasteiger partial charge in [-0.05, 0) is 18.1 Å². The van der Waals surface area contributed by atoms with E-state index < -0.39 is 5.97 Å². The molecule has 2 aromatic rings. The van der Waals surface area contributed by atoms with Crippen LogP contribution in [0.1, 0.15) is 24.2 Å². The van der Waals surface area contributed by atoms with Crippen molar-refractivity contribution in [2.75, 3.05) is 6.54 Å². The molecule has 1 heterocycles. The van der Waals surface area contributed by atoms with E-state index in [1.807, 2.05) is 13.8 Å². The van der Waals surface area contributed by atoms with Gasteiger partial charge in [0.05, 0.1) is 5.56 Å². The van der Waals surface area contributed by atoms with Crippen LogP contribution in [0.25, 0.3) is 11.0 Å². The van der Waals surface area contributed by atoms with Gasteiger partial charge in [-0.2, -0.15) is 0 Å². The van der Waals surface area contributed by atoms with Crippen LogP contribution in [0.3, 0.4) is 0 Å². The number of fused-ring (bicyclic) bond motifs is 1. The highest BCUT2D eigenvalue weighted by molar-refractivity contribution is 6.01. The fourth-order valence-corrected chi connectivity index (χ4v) is 1.82. The van der Waals surface area contributed by atoms with Gasteiger partial charge in [-0.1, -0.05) is 25.1 Å². The topological polar surface area (TPSA) is 97.1 Å². The van der Waals surface area contributed by atoms with E-state index >= 15 is 0 Å². The lowest BCUT2D eigenvalue weighted by molar-refractivity contribution is -0.121. The minimum absolute atomic E-state index is 0.0481. The molecule has 7 heteroatoms. The Morgan fingerprint density at radius 1 is 1.40 bits per heavy atom. The molecule has 1 aromatic heterocycles. The van der Waals surface area contributed by atoms with Crippen LogP contribution in [-0.4, -0.2) is 38.5 Å². The van der Waals surface area contributed by atoms with Crippen LogP contribution in [0, 0.1) is 5.92 Å². The van der Waals surface area contributed by atoms with E-state index in [0.29, 0.717) is 23.5 Å². The van der Waals surface area contributed by atoms with E-state index in [1.54, 1.807) is 12.1 Å². The van der Waals surface area contributed by atoms with Crippen molar-refractivity contribution in [2.24, 2.45) is 5.92 Å². The average molecular weight is 276 g/mol. The molecule has 0 saturated heterocycles. The highest BCUT2D eigenvalue weighted by atomic mass is 16.4. The molecule has 0 aliphatic rings. The smallest absolute Gasteiger partial charge is 0.337 e. The Balaban J connectivity index is 2.26. The lowest BCUT2D eigenvalue weighted by atomic mass is 10.2. The summed E-state index contributed by atoms with van der Waals surface area (Å²) in [5, 5.41) is 19.7. The number of carboxylic acids is 1. The molecule has 0 spiro atoms. The van der Waals surface area contributed by atoms with Crippen molar-refractivity contribution < 1.29 is 14.7 Å². The summed E-state index contributed by atoms with van der Waals surface area (Å²) in [5.74, 6) is -0.937. The van der Waals surface area contributed by atoms with Crippen molar-refractivity contribution in [1.82, 2.24) is 20.3 Å². The maximum Gasteiger partial charge on any atom is 0.337 e. The summed E-state index contributed by atoms with van der Waals surface area (Å²) in [6.45, 7) is 4.51. The molecule has 0 unspecified atom stereocenters. The summed E-state index contributed by atoms with van der Waals surface area (Å²) in [4.78, 5) is 23.0. The van der Waals surface area contributed by atoms with Gasteiger partial charge >= 0.3 is 5.97 Å². The minimum atomic E-state index is -1.07. The van der Waals surface area contributed by atoms with Crippen molar-refractivity contribution in [1.29, 1.82) is 0 Å². The number of carbonyl (C=O) groups excluding carboxylic acids is 1. The quantitative estimate of drug-likeness (QED) is 0.845. The number of aromatic carboxylic acids is 1. The number of aromatic nitrogens is 3. The second-order valence-corrected chi connectivity index (χ2v) is 4.92. The summed E-state index contributed by atoms with van der Waals surface area (Å²) in [5.41, 5.74) is 0.908. The summed E-state index contributed by atoms with van der Waals surface area (Å²) < 4.78 is 1.31. The van der Waals surface area contributed by atoms with Crippen LogP contribution in [0.4, 0.5) is 0 Å². The Kier molecular flexibility index (Phi) is 3.97. The van der Waals surface area contributed by atoms with Crippen LogP contribution in [0.5, 0.6) is 0 Å². The second-order valence-electron chi connectivity index (χ2n) is 4.92. The monoisotopic (exact) mass is 276 g/mol. The van der Waals surface area contributed by atoms with Gasteiger partial charge in [0.1, 0.15) is 17.6 Å². The van der Waals surface area contributed by atoms with E-state index in [1.165, 1.54) is 10.7 Å². The van der Waals surface area contributed by atoms with Crippen LogP contribution < -0.4 is 5.32 Å². The number of rotatable bonds is 5. The molecule has 0 bridgehead atoms. The molecule has 0 aliphatic heterocycles. The fourth-order valence-electron chi connectivity index (χ4n) is 1.82. The van der Waals surface area contributed by atoms with Gasteiger partial charge in [0.25, 0.3) is 0 Å². The SMILES string of the molecule is CC(C)CNC(=O)Cn1nnc2cccc(C(=O)O)c21. The molecule has 1 amide bonds. The van der Waals surface area contributed by atoms with Crippen molar-refractivity contribution in [3.05, 3.63) is 23.8 Å². The van der Waals surface area contributed by atoms with E-state index in [4.69, 9.17) is 5.11 Å².